The lowest BCUT2D eigenvalue weighted by Crippen LogP contribution is -2.06. The van der Waals surface area contributed by atoms with E-state index in [2.05, 4.69) is 28.5 Å². The predicted molar refractivity (Wildman–Crippen MR) is 81.8 cm³/mol. The number of allylic oxidation sites excluding steroid dienone is 2. The molecule has 6 heteroatoms. The van der Waals surface area contributed by atoms with Crippen LogP contribution in [0.2, 0.25) is 0 Å². The number of hydrazone groups is 1. The molecule has 2 rings (SSSR count). The smallest absolute Gasteiger partial charge is 0.261 e. The first-order chi connectivity index (χ1) is 10.5. The molecule has 0 atom stereocenters. The molecule has 1 aromatic rings. The van der Waals surface area contributed by atoms with Crippen molar-refractivity contribution in [1.82, 2.24) is 4.98 Å². The molecule has 0 fully saturated rings. The minimum absolute atomic E-state index is 0.320. The van der Waals surface area contributed by atoms with Crippen LogP contribution in [0.5, 0.6) is 0 Å². The van der Waals surface area contributed by atoms with Gasteiger partial charge in [-0.3, -0.25) is 5.43 Å². The number of rotatable bonds is 6. The average Bonchev–Trinajstić information content (AvgIpc) is 2.92. The Morgan fingerprint density at radius 1 is 1.27 bits per heavy atom. The second kappa shape index (κ2) is 7.42. The molecule has 0 spiro atoms. The number of nitrogens with zero attached hydrogens (tertiary/aromatic N) is 2. The number of aromatic nitrogens is 1. The summed E-state index contributed by atoms with van der Waals surface area (Å²) in [5.41, 5.74) is 4.22. The van der Waals surface area contributed by atoms with Crippen molar-refractivity contribution in [2.24, 2.45) is 5.10 Å². The van der Waals surface area contributed by atoms with Crippen LogP contribution in [-0.4, -0.2) is 10.7 Å². The van der Waals surface area contributed by atoms with Crippen LogP contribution in [0.25, 0.3) is 0 Å². The van der Waals surface area contributed by atoms with Gasteiger partial charge < -0.3 is 0 Å². The summed E-state index contributed by atoms with van der Waals surface area (Å²) in [5.74, 6) is 0.320. The molecule has 22 heavy (non-hydrogen) atoms. The van der Waals surface area contributed by atoms with E-state index in [9.17, 15) is 13.2 Å². The first kappa shape index (κ1) is 16.5. The van der Waals surface area contributed by atoms with Gasteiger partial charge in [0.05, 0.1) is 11.3 Å². The van der Waals surface area contributed by atoms with Gasteiger partial charge in [-0.05, 0) is 43.4 Å². The third kappa shape index (κ3) is 4.58. The number of unbranched alkanes of at least 4 members (excludes halogenated alkanes) is 2. The van der Waals surface area contributed by atoms with E-state index in [1.165, 1.54) is 24.5 Å². The zero-order valence-corrected chi connectivity index (χ0v) is 12.6. The zero-order valence-electron chi connectivity index (χ0n) is 12.6. The molecule has 0 bridgehead atoms. The van der Waals surface area contributed by atoms with E-state index in [-0.39, 0.29) is 0 Å². The molecule has 0 radical (unpaired) electrons. The lowest BCUT2D eigenvalue weighted by atomic mass is 10.1. The third-order valence-electron chi connectivity index (χ3n) is 3.59. The van der Waals surface area contributed by atoms with Gasteiger partial charge in [0.2, 0.25) is 0 Å². The van der Waals surface area contributed by atoms with Gasteiger partial charge in [-0.2, -0.15) is 18.3 Å². The Hall–Kier alpha value is -1.85. The highest BCUT2D eigenvalue weighted by Crippen LogP contribution is 2.29. The molecule has 0 aliphatic heterocycles. The van der Waals surface area contributed by atoms with Crippen LogP contribution in [0.1, 0.15) is 51.0 Å². The van der Waals surface area contributed by atoms with Crippen LogP contribution in [0.3, 0.4) is 0 Å². The van der Waals surface area contributed by atoms with E-state index in [4.69, 9.17) is 0 Å². The van der Waals surface area contributed by atoms with E-state index in [0.717, 1.165) is 43.7 Å². The van der Waals surface area contributed by atoms with Gasteiger partial charge in [0.25, 0.3) is 0 Å². The minimum Gasteiger partial charge on any atom is -0.261 e. The number of hydrogen-bond acceptors (Lipinski definition) is 3. The summed E-state index contributed by atoms with van der Waals surface area (Å²) in [4.78, 5) is 3.75. The number of anilines is 1. The fourth-order valence-corrected chi connectivity index (χ4v) is 2.35. The van der Waals surface area contributed by atoms with E-state index in [0.29, 0.717) is 5.82 Å². The molecule has 3 nitrogen and oxygen atoms in total. The highest BCUT2D eigenvalue weighted by atomic mass is 19.4. The molecule has 0 saturated carbocycles. The molecule has 0 aromatic carbocycles. The Balaban J connectivity index is 1.95. The van der Waals surface area contributed by atoms with Gasteiger partial charge >= 0.3 is 6.18 Å². The maximum Gasteiger partial charge on any atom is 0.417 e. The molecule has 1 heterocycles. The van der Waals surface area contributed by atoms with Gasteiger partial charge in [-0.15, -0.1) is 0 Å². The first-order valence-corrected chi connectivity index (χ1v) is 7.56. The number of pyridine rings is 1. The van der Waals surface area contributed by atoms with E-state index < -0.39 is 11.7 Å². The van der Waals surface area contributed by atoms with Crippen molar-refractivity contribution < 1.29 is 13.2 Å². The Bertz CT molecular complexity index is 545. The van der Waals surface area contributed by atoms with Crippen molar-refractivity contribution in [3.63, 3.8) is 0 Å². The topological polar surface area (TPSA) is 37.3 Å². The Labute approximate surface area is 128 Å². The molecular formula is C16H20F3N3. The Kier molecular flexibility index (Phi) is 5.57. The third-order valence-corrected chi connectivity index (χ3v) is 3.59. The van der Waals surface area contributed by atoms with Crippen molar-refractivity contribution in [3.8, 4) is 0 Å². The second-order valence-electron chi connectivity index (χ2n) is 5.33. The summed E-state index contributed by atoms with van der Waals surface area (Å²) >= 11 is 0. The summed E-state index contributed by atoms with van der Waals surface area (Å²) < 4.78 is 37.4. The number of halogens is 3. The standard InChI is InChI=1S/C16H20F3N3/c1-2-3-4-6-12-7-5-8-14(12)21-22-15-10-9-13(11-20-15)16(17,18)19/h7,9-11H,2-6,8H2,1H3,(H,20,22)/b21-14+. The highest BCUT2D eigenvalue weighted by molar-refractivity contribution is 6.02. The summed E-state index contributed by atoms with van der Waals surface area (Å²) in [6.07, 6.45) is 5.00. The molecule has 120 valence electrons. The Morgan fingerprint density at radius 2 is 2.09 bits per heavy atom. The number of nitrogens with one attached hydrogen (secondary N) is 1. The fourth-order valence-electron chi connectivity index (χ4n) is 2.35. The van der Waals surface area contributed by atoms with Crippen molar-refractivity contribution in [2.45, 2.75) is 51.6 Å². The Morgan fingerprint density at radius 3 is 2.73 bits per heavy atom. The lowest BCUT2D eigenvalue weighted by molar-refractivity contribution is -0.137. The molecule has 1 aliphatic rings. The largest absolute Gasteiger partial charge is 0.417 e. The monoisotopic (exact) mass is 311 g/mol. The van der Waals surface area contributed by atoms with Crippen LogP contribution in [0.4, 0.5) is 19.0 Å². The quantitative estimate of drug-likeness (QED) is 0.581. The molecule has 0 unspecified atom stereocenters. The number of alkyl halides is 3. The highest BCUT2D eigenvalue weighted by Gasteiger charge is 2.30. The van der Waals surface area contributed by atoms with Crippen molar-refractivity contribution >= 4 is 11.5 Å². The summed E-state index contributed by atoms with van der Waals surface area (Å²) in [7, 11) is 0. The average molecular weight is 311 g/mol. The van der Waals surface area contributed by atoms with Gasteiger partial charge in [0.15, 0.2) is 0 Å². The van der Waals surface area contributed by atoms with Gasteiger partial charge in [0, 0.05) is 6.20 Å². The van der Waals surface area contributed by atoms with Crippen molar-refractivity contribution in [3.05, 3.63) is 35.5 Å². The van der Waals surface area contributed by atoms with E-state index in [1.54, 1.807) is 0 Å². The van der Waals surface area contributed by atoms with Gasteiger partial charge in [0.1, 0.15) is 5.82 Å². The molecule has 1 aliphatic carbocycles. The maximum absolute atomic E-state index is 12.5. The van der Waals surface area contributed by atoms with E-state index >= 15 is 0 Å². The zero-order chi connectivity index (χ0) is 16.0. The molecule has 0 saturated heterocycles. The second-order valence-corrected chi connectivity index (χ2v) is 5.33. The number of hydrogen-bond donors (Lipinski definition) is 1. The predicted octanol–water partition coefficient (Wildman–Crippen LogP) is 5.17. The van der Waals surface area contributed by atoms with Crippen molar-refractivity contribution in [1.29, 1.82) is 0 Å². The van der Waals surface area contributed by atoms with Crippen LogP contribution in [-0.2, 0) is 6.18 Å². The fraction of sp³-hybridized carbons (Fsp3) is 0.500. The molecular weight excluding hydrogens is 291 g/mol. The molecule has 1 N–H and O–H groups in total. The lowest BCUT2D eigenvalue weighted by Gasteiger charge is -2.08. The SMILES string of the molecule is CCCCCC1=CCC/C1=N\Nc1ccc(C(F)(F)F)cn1. The normalized spacial score (nSPS) is 16.9. The van der Waals surface area contributed by atoms with Gasteiger partial charge in [-0.25, -0.2) is 4.98 Å². The minimum atomic E-state index is -4.36. The summed E-state index contributed by atoms with van der Waals surface area (Å²) in [5, 5.41) is 4.30. The van der Waals surface area contributed by atoms with Crippen molar-refractivity contribution in [2.75, 3.05) is 5.43 Å². The van der Waals surface area contributed by atoms with Gasteiger partial charge in [-0.1, -0.05) is 25.8 Å². The van der Waals surface area contributed by atoms with Crippen LogP contribution in [0.15, 0.2) is 35.1 Å². The van der Waals surface area contributed by atoms with E-state index in [1.807, 2.05) is 0 Å². The van der Waals surface area contributed by atoms with Crippen LogP contribution in [0, 0.1) is 0 Å². The maximum atomic E-state index is 12.5. The summed E-state index contributed by atoms with van der Waals surface area (Å²) in [6.45, 7) is 2.16. The summed E-state index contributed by atoms with van der Waals surface area (Å²) in [6, 6.07) is 2.30. The first-order valence-electron chi connectivity index (χ1n) is 7.56. The van der Waals surface area contributed by atoms with Crippen LogP contribution < -0.4 is 5.43 Å². The molecule has 1 aromatic heterocycles. The molecule has 0 amide bonds. The van der Waals surface area contributed by atoms with Crippen LogP contribution >= 0.6 is 0 Å².